The molecule has 0 N–H and O–H groups in total. The normalized spacial score (nSPS) is 10.0. The zero-order chi connectivity index (χ0) is 11.4. The number of benzene rings is 1. The van der Waals surface area contributed by atoms with Crippen LogP contribution < -0.4 is 0 Å². The molecule has 0 radical (unpaired) electrons. The molecule has 0 fully saturated rings. The number of imidazole rings is 1. The molecule has 92 valence electrons. The van der Waals surface area contributed by atoms with Crippen LogP contribution in [0.4, 0.5) is 0 Å². The van der Waals surface area contributed by atoms with Crippen LogP contribution in [0.5, 0.6) is 0 Å². The summed E-state index contributed by atoms with van der Waals surface area (Å²) in [6.07, 6.45) is 4.57. The van der Waals surface area contributed by atoms with Crippen molar-refractivity contribution >= 4 is 35.6 Å². The third-order valence-electron chi connectivity index (χ3n) is 2.49. The zero-order valence-electron chi connectivity index (χ0n) is 9.14. The molecular formula is C12H13Cl3N2. The van der Waals surface area contributed by atoms with Gasteiger partial charge in [-0.3, -0.25) is 0 Å². The third-order valence-corrected chi connectivity index (χ3v) is 3.02. The lowest BCUT2D eigenvalue weighted by molar-refractivity contribution is 0.674. The number of alkyl halides is 1. The summed E-state index contributed by atoms with van der Waals surface area (Å²) in [5, 5.41) is 0.771. The van der Waals surface area contributed by atoms with Crippen LogP contribution in [-0.4, -0.2) is 9.55 Å². The van der Waals surface area contributed by atoms with Crippen molar-refractivity contribution in [3.8, 4) is 0 Å². The lowest BCUT2D eigenvalue weighted by Gasteiger charge is -2.06. The van der Waals surface area contributed by atoms with Gasteiger partial charge in [0.1, 0.15) is 0 Å². The SMILES string of the molecule is Cl.ClCc1cncn1CCc1ccc(Cl)cc1. The molecule has 2 aromatic rings. The Morgan fingerprint density at radius 3 is 2.53 bits per heavy atom. The van der Waals surface area contributed by atoms with Crippen LogP contribution in [0.15, 0.2) is 36.8 Å². The summed E-state index contributed by atoms with van der Waals surface area (Å²) < 4.78 is 2.07. The summed E-state index contributed by atoms with van der Waals surface area (Å²) in [5.74, 6) is 0.501. The fraction of sp³-hybridized carbons (Fsp3) is 0.250. The average Bonchev–Trinajstić information content (AvgIpc) is 2.76. The molecule has 0 aliphatic carbocycles. The van der Waals surface area contributed by atoms with Gasteiger partial charge >= 0.3 is 0 Å². The quantitative estimate of drug-likeness (QED) is 0.780. The van der Waals surface area contributed by atoms with Gasteiger partial charge in [0.25, 0.3) is 0 Å². The van der Waals surface area contributed by atoms with Crippen LogP contribution in [0.3, 0.4) is 0 Å². The predicted octanol–water partition coefficient (Wildman–Crippen LogP) is 3.94. The lowest BCUT2D eigenvalue weighted by atomic mass is 10.1. The number of rotatable bonds is 4. The van der Waals surface area contributed by atoms with Crippen molar-refractivity contribution < 1.29 is 0 Å². The minimum Gasteiger partial charge on any atom is -0.333 e. The molecule has 0 saturated carbocycles. The van der Waals surface area contributed by atoms with E-state index >= 15 is 0 Å². The molecule has 2 nitrogen and oxygen atoms in total. The van der Waals surface area contributed by atoms with Gasteiger partial charge in [-0.15, -0.1) is 24.0 Å². The zero-order valence-corrected chi connectivity index (χ0v) is 11.5. The summed E-state index contributed by atoms with van der Waals surface area (Å²) in [5.41, 5.74) is 2.31. The second-order valence-corrected chi connectivity index (χ2v) is 4.29. The third kappa shape index (κ3) is 3.91. The van der Waals surface area contributed by atoms with Gasteiger partial charge < -0.3 is 4.57 Å². The van der Waals surface area contributed by atoms with E-state index in [4.69, 9.17) is 23.2 Å². The van der Waals surface area contributed by atoms with Crippen LogP contribution in [0.1, 0.15) is 11.3 Å². The van der Waals surface area contributed by atoms with E-state index in [9.17, 15) is 0 Å². The molecule has 1 aromatic heterocycles. The highest BCUT2D eigenvalue weighted by Gasteiger charge is 2.00. The fourth-order valence-electron chi connectivity index (χ4n) is 1.56. The fourth-order valence-corrected chi connectivity index (χ4v) is 1.91. The van der Waals surface area contributed by atoms with E-state index in [2.05, 4.69) is 9.55 Å². The van der Waals surface area contributed by atoms with E-state index in [1.807, 2.05) is 30.6 Å². The Morgan fingerprint density at radius 1 is 1.18 bits per heavy atom. The first-order valence-corrected chi connectivity index (χ1v) is 6.00. The van der Waals surface area contributed by atoms with Gasteiger partial charge in [0, 0.05) is 17.8 Å². The summed E-state index contributed by atoms with van der Waals surface area (Å²) in [6.45, 7) is 0.893. The van der Waals surface area contributed by atoms with Gasteiger partial charge in [0.15, 0.2) is 0 Å². The van der Waals surface area contributed by atoms with Crippen molar-refractivity contribution in [1.29, 1.82) is 0 Å². The first-order chi connectivity index (χ1) is 7.79. The largest absolute Gasteiger partial charge is 0.333 e. The first kappa shape index (κ1) is 14.4. The molecule has 0 saturated heterocycles. The van der Waals surface area contributed by atoms with Crippen LogP contribution in [0.2, 0.25) is 5.02 Å². The summed E-state index contributed by atoms with van der Waals surface area (Å²) in [4.78, 5) is 4.08. The van der Waals surface area contributed by atoms with Crippen molar-refractivity contribution in [2.75, 3.05) is 0 Å². The highest BCUT2D eigenvalue weighted by atomic mass is 35.5. The van der Waals surface area contributed by atoms with E-state index < -0.39 is 0 Å². The maximum Gasteiger partial charge on any atom is 0.0948 e. The van der Waals surface area contributed by atoms with Gasteiger partial charge in [0.2, 0.25) is 0 Å². The number of nitrogens with zero attached hydrogens (tertiary/aromatic N) is 2. The summed E-state index contributed by atoms with van der Waals surface area (Å²) in [7, 11) is 0. The van der Waals surface area contributed by atoms with E-state index in [0.717, 1.165) is 23.7 Å². The molecule has 0 aliphatic rings. The van der Waals surface area contributed by atoms with Crippen molar-refractivity contribution in [3.63, 3.8) is 0 Å². The smallest absolute Gasteiger partial charge is 0.0948 e. The second kappa shape index (κ2) is 6.90. The second-order valence-electron chi connectivity index (χ2n) is 3.59. The Bertz CT molecular complexity index is 451. The molecule has 2 rings (SSSR count). The van der Waals surface area contributed by atoms with Gasteiger partial charge in [-0.2, -0.15) is 0 Å². The van der Waals surface area contributed by atoms with Crippen molar-refractivity contribution in [2.45, 2.75) is 18.8 Å². The number of aryl methyl sites for hydroxylation is 2. The molecule has 0 bridgehead atoms. The molecule has 0 spiro atoms. The molecule has 0 aliphatic heterocycles. The first-order valence-electron chi connectivity index (χ1n) is 5.09. The van der Waals surface area contributed by atoms with E-state index in [1.165, 1.54) is 5.56 Å². The summed E-state index contributed by atoms with van der Waals surface area (Å²) in [6, 6.07) is 7.90. The Balaban J connectivity index is 0.00000144. The van der Waals surface area contributed by atoms with Gasteiger partial charge in [-0.25, -0.2) is 4.98 Å². The topological polar surface area (TPSA) is 17.8 Å². The standard InChI is InChI=1S/C12H12Cl2N2.ClH/c13-7-12-8-15-9-16(12)6-5-10-1-3-11(14)4-2-10;/h1-4,8-9H,5-7H2;1H. The Hall–Kier alpha value is -0.700. The Morgan fingerprint density at radius 2 is 1.88 bits per heavy atom. The monoisotopic (exact) mass is 290 g/mol. The molecule has 17 heavy (non-hydrogen) atoms. The van der Waals surface area contributed by atoms with Gasteiger partial charge in [-0.05, 0) is 24.1 Å². The minimum atomic E-state index is 0. The van der Waals surface area contributed by atoms with E-state index in [-0.39, 0.29) is 12.4 Å². The molecule has 0 amide bonds. The van der Waals surface area contributed by atoms with Crippen molar-refractivity contribution in [2.24, 2.45) is 0 Å². The molecular weight excluding hydrogens is 279 g/mol. The summed E-state index contributed by atoms with van der Waals surface area (Å²) >= 11 is 11.6. The average molecular weight is 292 g/mol. The molecule has 0 atom stereocenters. The van der Waals surface area contributed by atoms with Crippen LogP contribution in [-0.2, 0) is 18.8 Å². The van der Waals surface area contributed by atoms with Gasteiger partial charge in [0.05, 0.1) is 17.9 Å². The Kier molecular flexibility index (Phi) is 5.83. The Labute approximate surface area is 117 Å². The van der Waals surface area contributed by atoms with Crippen LogP contribution in [0.25, 0.3) is 0 Å². The number of hydrogen-bond donors (Lipinski definition) is 0. The highest BCUT2D eigenvalue weighted by Crippen LogP contribution is 2.11. The molecule has 1 heterocycles. The molecule has 1 aromatic carbocycles. The number of hydrogen-bond acceptors (Lipinski definition) is 1. The minimum absolute atomic E-state index is 0. The van der Waals surface area contributed by atoms with Crippen molar-refractivity contribution in [1.82, 2.24) is 9.55 Å². The number of aromatic nitrogens is 2. The van der Waals surface area contributed by atoms with Crippen LogP contribution >= 0.6 is 35.6 Å². The maximum absolute atomic E-state index is 5.83. The van der Waals surface area contributed by atoms with E-state index in [1.54, 1.807) is 6.20 Å². The number of halogens is 3. The maximum atomic E-state index is 5.83. The van der Waals surface area contributed by atoms with Crippen molar-refractivity contribution in [3.05, 3.63) is 53.1 Å². The predicted molar refractivity (Wildman–Crippen MR) is 74.2 cm³/mol. The molecule has 0 unspecified atom stereocenters. The lowest BCUT2D eigenvalue weighted by Crippen LogP contribution is -2.03. The van der Waals surface area contributed by atoms with E-state index in [0.29, 0.717) is 5.88 Å². The molecule has 5 heteroatoms. The highest BCUT2D eigenvalue weighted by molar-refractivity contribution is 6.30. The van der Waals surface area contributed by atoms with Gasteiger partial charge in [-0.1, -0.05) is 23.7 Å². The van der Waals surface area contributed by atoms with Crippen LogP contribution in [0, 0.1) is 0 Å².